The van der Waals surface area contributed by atoms with Gasteiger partial charge in [0.25, 0.3) is 0 Å². The Morgan fingerprint density at radius 2 is 1.86 bits per heavy atom. The van der Waals surface area contributed by atoms with Crippen LogP contribution in [0.2, 0.25) is 0 Å². The van der Waals surface area contributed by atoms with Gasteiger partial charge >= 0.3 is 6.09 Å². The van der Waals surface area contributed by atoms with Crippen molar-refractivity contribution in [3.63, 3.8) is 0 Å². The number of carbonyl (C=O) groups excluding carboxylic acids is 1. The van der Waals surface area contributed by atoms with Crippen molar-refractivity contribution in [2.75, 3.05) is 25.4 Å². The first-order valence-corrected chi connectivity index (χ1v) is 8.86. The highest BCUT2D eigenvalue weighted by atomic mass is 16.5. The summed E-state index contributed by atoms with van der Waals surface area (Å²) in [6.07, 6.45) is -0.543. The first-order valence-electron chi connectivity index (χ1n) is 8.86. The maximum atomic E-state index is 12.0. The normalized spacial score (nSPS) is 11.0. The number of aromatic nitrogens is 1. The Balaban J connectivity index is 2.14. The number of fused-ring (bicyclic) bond motifs is 3. The van der Waals surface area contributed by atoms with Crippen LogP contribution in [0.4, 0.5) is 10.5 Å². The Kier molecular flexibility index (Phi) is 4.31. The van der Waals surface area contributed by atoms with Gasteiger partial charge in [0, 0.05) is 27.9 Å². The zero-order valence-corrected chi connectivity index (χ0v) is 15.9. The van der Waals surface area contributed by atoms with E-state index in [9.17, 15) is 4.79 Å². The summed E-state index contributed by atoms with van der Waals surface area (Å²) in [4.78, 5) is 12.0. The number of nitrogens with zero attached hydrogens (tertiary/aromatic N) is 1. The molecule has 3 aromatic carbocycles. The van der Waals surface area contributed by atoms with Gasteiger partial charge in [-0.2, -0.15) is 0 Å². The molecule has 0 aliphatic rings. The standard InChI is InChI=1S/C22H21N3O3/c1-13-20(17-12-15(27-2)9-10-18(17)23)21-16-7-5-4-6-14(16)8-11-19(21)25(13)24-22(26)28-3/h4-12H,23H2,1-3H3,(H,24,26). The number of anilines is 1. The van der Waals surface area contributed by atoms with Crippen molar-refractivity contribution in [2.45, 2.75) is 6.92 Å². The molecule has 4 rings (SSSR count). The lowest BCUT2D eigenvalue weighted by molar-refractivity contribution is 0.183. The topological polar surface area (TPSA) is 78.5 Å². The minimum absolute atomic E-state index is 0.543. The number of hydrogen-bond acceptors (Lipinski definition) is 4. The van der Waals surface area contributed by atoms with Crippen LogP contribution >= 0.6 is 0 Å². The zero-order valence-electron chi connectivity index (χ0n) is 15.9. The summed E-state index contributed by atoms with van der Waals surface area (Å²) in [6.45, 7) is 1.94. The molecule has 0 spiro atoms. The van der Waals surface area contributed by atoms with Gasteiger partial charge < -0.3 is 15.2 Å². The highest BCUT2D eigenvalue weighted by molar-refractivity contribution is 6.16. The van der Waals surface area contributed by atoms with E-state index in [0.717, 1.165) is 38.5 Å². The molecule has 0 saturated carbocycles. The summed E-state index contributed by atoms with van der Waals surface area (Å²) >= 11 is 0. The fourth-order valence-corrected chi connectivity index (χ4v) is 3.67. The summed E-state index contributed by atoms with van der Waals surface area (Å²) in [5, 5.41) is 3.19. The molecule has 3 N–H and O–H groups in total. The minimum atomic E-state index is -0.543. The molecule has 1 heterocycles. The molecule has 1 aromatic heterocycles. The smallest absolute Gasteiger partial charge is 0.426 e. The average Bonchev–Trinajstić information content (AvgIpc) is 3.00. The second-order valence-corrected chi connectivity index (χ2v) is 6.53. The molecule has 4 aromatic rings. The number of nitrogens with one attached hydrogen (secondary N) is 1. The van der Waals surface area contributed by atoms with Crippen LogP contribution in [0.5, 0.6) is 5.75 Å². The summed E-state index contributed by atoms with van der Waals surface area (Å²) in [6, 6.07) is 17.7. The van der Waals surface area contributed by atoms with E-state index in [0.29, 0.717) is 11.4 Å². The number of nitrogens with two attached hydrogens (primary N) is 1. The van der Waals surface area contributed by atoms with Gasteiger partial charge in [-0.3, -0.25) is 4.68 Å². The number of rotatable bonds is 3. The molecule has 0 saturated heterocycles. The van der Waals surface area contributed by atoms with Crippen LogP contribution in [0.1, 0.15) is 5.69 Å². The lowest BCUT2D eigenvalue weighted by atomic mass is 9.96. The molecule has 1 amide bonds. The molecule has 6 heteroatoms. The van der Waals surface area contributed by atoms with E-state index in [-0.39, 0.29) is 0 Å². The van der Waals surface area contributed by atoms with Crippen LogP contribution in [0.25, 0.3) is 32.8 Å². The van der Waals surface area contributed by atoms with Crippen molar-refractivity contribution < 1.29 is 14.3 Å². The molecular formula is C22H21N3O3. The first kappa shape index (κ1) is 17.7. The molecule has 0 radical (unpaired) electrons. The number of amides is 1. The van der Waals surface area contributed by atoms with Crippen molar-refractivity contribution in [1.82, 2.24) is 4.68 Å². The third-order valence-corrected chi connectivity index (χ3v) is 5.01. The van der Waals surface area contributed by atoms with Gasteiger partial charge in [0.2, 0.25) is 0 Å². The lowest BCUT2D eigenvalue weighted by Gasteiger charge is -2.11. The van der Waals surface area contributed by atoms with E-state index < -0.39 is 6.09 Å². The summed E-state index contributed by atoms with van der Waals surface area (Å²) < 4.78 is 12.0. The second kappa shape index (κ2) is 6.81. The van der Waals surface area contributed by atoms with Crippen LogP contribution < -0.4 is 15.9 Å². The highest BCUT2D eigenvalue weighted by Gasteiger charge is 2.21. The summed E-state index contributed by atoms with van der Waals surface area (Å²) in [5.41, 5.74) is 13.3. The van der Waals surface area contributed by atoms with E-state index in [1.54, 1.807) is 11.8 Å². The molecule has 28 heavy (non-hydrogen) atoms. The van der Waals surface area contributed by atoms with E-state index in [1.165, 1.54) is 7.11 Å². The van der Waals surface area contributed by atoms with Gasteiger partial charge in [0.05, 0.1) is 19.7 Å². The molecular weight excluding hydrogens is 354 g/mol. The summed E-state index contributed by atoms with van der Waals surface area (Å²) in [5.74, 6) is 0.714. The maximum absolute atomic E-state index is 12.0. The van der Waals surface area contributed by atoms with Crippen molar-refractivity contribution in [1.29, 1.82) is 0 Å². The van der Waals surface area contributed by atoms with E-state index in [1.807, 2.05) is 49.4 Å². The Morgan fingerprint density at radius 1 is 1.07 bits per heavy atom. The Hall–Kier alpha value is -3.67. The first-order chi connectivity index (χ1) is 13.5. The van der Waals surface area contributed by atoms with E-state index in [4.69, 9.17) is 15.2 Å². The van der Waals surface area contributed by atoms with Crippen molar-refractivity contribution in [2.24, 2.45) is 0 Å². The molecule has 0 aliphatic carbocycles. The third kappa shape index (κ3) is 2.70. The molecule has 0 bridgehead atoms. The second-order valence-electron chi connectivity index (χ2n) is 6.53. The lowest BCUT2D eigenvalue weighted by Crippen LogP contribution is -2.23. The zero-order chi connectivity index (χ0) is 19.8. The number of ether oxygens (including phenoxy) is 2. The van der Waals surface area contributed by atoms with Crippen LogP contribution in [-0.4, -0.2) is 25.0 Å². The van der Waals surface area contributed by atoms with E-state index >= 15 is 0 Å². The highest BCUT2D eigenvalue weighted by Crippen LogP contribution is 2.41. The number of hydrogen-bond donors (Lipinski definition) is 2. The van der Waals surface area contributed by atoms with Crippen LogP contribution in [0, 0.1) is 6.92 Å². The van der Waals surface area contributed by atoms with Crippen molar-refractivity contribution in [3.05, 3.63) is 60.3 Å². The Labute approximate surface area is 162 Å². The van der Waals surface area contributed by atoms with Gasteiger partial charge in [0.15, 0.2) is 0 Å². The van der Waals surface area contributed by atoms with E-state index in [2.05, 4.69) is 17.6 Å². The average molecular weight is 375 g/mol. The van der Waals surface area contributed by atoms with Crippen molar-refractivity contribution >= 4 is 33.5 Å². The summed E-state index contributed by atoms with van der Waals surface area (Å²) in [7, 11) is 2.96. The molecule has 0 unspecified atom stereocenters. The third-order valence-electron chi connectivity index (χ3n) is 5.01. The Bertz CT molecular complexity index is 1210. The molecule has 6 nitrogen and oxygen atoms in total. The molecule has 142 valence electrons. The SMILES string of the molecule is COC(=O)Nn1c(C)c(-c2cc(OC)ccc2N)c2c3ccccc3ccc21. The maximum Gasteiger partial charge on any atom is 0.426 e. The molecule has 0 fully saturated rings. The number of methoxy groups -OCH3 is 2. The fraction of sp³-hybridized carbons (Fsp3) is 0.136. The fourth-order valence-electron chi connectivity index (χ4n) is 3.67. The molecule has 0 atom stereocenters. The quantitative estimate of drug-likeness (QED) is 0.510. The van der Waals surface area contributed by atoms with Crippen LogP contribution in [0.3, 0.4) is 0 Å². The van der Waals surface area contributed by atoms with Crippen LogP contribution in [-0.2, 0) is 4.74 Å². The van der Waals surface area contributed by atoms with Gasteiger partial charge in [0.1, 0.15) is 5.75 Å². The van der Waals surface area contributed by atoms with Gasteiger partial charge in [-0.25, -0.2) is 10.2 Å². The number of benzene rings is 3. The predicted molar refractivity (Wildman–Crippen MR) is 112 cm³/mol. The number of nitrogen functional groups attached to an aromatic ring is 1. The van der Waals surface area contributed by atoms with Gasteiger partial charge in [-0.05, 0) is 42.0 Å². The van der Waals surface area contributed by atoms with Gasteiger partial charge in [-0.1, -0.05) is 30.3 Å². The minimum Gasteiger partial charge on any atom is -0.497 e. The van der Waals surface area contributed by atoms with Crippen LogP contribution in [0.15, 0.2) is 54.6 Å². The monoisotopic (exact) mass is 375 g/mol. The van der Waals surface area contributed by atoms with Gasteiger partial charge in [-0.15, -0.1) is 0 Å². The Morgan fingerprint density at radius 3 is 2.61 bits per heavy atom. The molecule has 0 aliphatic heterocycles. The predicted octanol–water partition coefficient (Wildman–Crippen LogP) is 4.67. The largest absolute Gasteiger partial charge is 0.497 e. The number of carbonyl (C=O) groups is 1. The van der Waals surface area contributed by atoms with Crippen molar-refractivity contribution in [3.8, 4) is 16.9 Å².